The average molecular weight is 359 g/mol. The maximum absolute atomic E-state index is 6.28. The Balaban J connectivity index is 1.64. The highest BCUT2D eigenvalue weighted by atomic mass is 16.5. The van der Waals surface area contributed by atoms with Crippen LogP contribution in [0.2, 0.25) is 0 Å². The third kappa shape index (κ3) is 5.21. The minimum absolute atomic E-state index is 0.292. The van der Waals surface area contributed by atoms with Crippen LogP contribution in [-0.2, 0) is 17.8 Å². The van der Waals surface area contributed by atoms with E-state index in [1.807, 2.05) is 0 Å². The van der Waals surface area contributed by atoms with Crippen molar-refractivity contribution in [2.24, 2.45) is 16.6 Å². The van der Waals surface area contributed by atoms with E-state index in [2.05, 4.69) is 54.8 Å². The molecule has 0 bridgehead atoms. The van der Waals surface area contributed by atoms with E-state index >= 15 is 0 Å². The van der Waals surface area contributed by atoms with Crippen molar-refractivity contribution in [1.29, 1.82) is 0 Å². The van der Waals surface area contributed by atoms with Gasteiger partial charge in [-0.15, -0.1) is 0 Å². The maximum Gasteiger partial charge on any atom is 0.191 e. The molecule has 3 unspecified atom stereocenters. The number of aliphatic imine (C=N–C) groups is 1. The normalized spacial score (nSPS) is 28.3. The number of morpholine rings is 1. The lowest BCUT2D eigenvalue weighted by atomic mass is 10.0. The molecule has 2 N–H and O–H groups in total. The monoisotopic (exact) mass is 358 g/mol. The Morgan fingerprint density at radius 2 is 1.81 bits per heavy atom. The van der Waals surface area contributed by atoms with E-state index in [-0.39, 0.29) is 0 Å². The SMILES string of the molecule is CC1CCCN(C(N)=NCc2ccccc2CN2CC(C)OC(C)C2)C1. The molecule has 0 saturated carbocycles. The van der Waals surface area contributed by atoms with Crippen molar-refractivity contribution >= 4 is 5.96 Å². The zero-order chi connectivity index (χ0) is 18.5. The van der Waals surface area contributed by atoms with Gasteiger partial charge in [-0.25, -0.2) is 4.99 Å². The summed E-state index contributed by atoms with van der Waals surface area (Å²) < 4.78 is 5.85. The molecule has 1 aromatic rings. The Morgan fingerprint density at radius 3 is 2.50 bits per heavy atom. The molecule has 26 heavy (non-hydrogen) atoms. The second kappa shape index (κ2) is 8.87. The summed E-state index contributed by atoms with van der Waals surface area (Å²) in [5, 5.41) is 0. The Morgan fingerprint density at radius 1 is 1.12 bits per heavy atom. The first-order valence-electron chi connectivity index (χ1n) is 10.0. The van der Waals surface area contributed by atoms with E-state index in [0.29, 0.717) is 30.6 Å². The van der Waals surface area contributed by atoms with Gasteiger partial charge in [0.25, 0.3) is 0 Å². The van der Waals surface area contributed by atoms with Gasteiger partial charge in [0, 0.05) is 32.7 Å². The molecule has 5 nitrogen and oxygen atoms in total. The van der Waals surface area contributed by atoms with Crippen molar-refractivity contribution in [3.8, 4) is 0 Å². The number of benzene rings is 1. The Labute approximate surface area is 158 Å². The van der Waals surface area contributed by atoms with Crippen LogP contribution in [0, 0.1) is 5.92 Å². The van der Waals surface area contributed by atoms with Crippen LogP contribution in [0.4, 0.5) is 0 Å². The lowest BCUT2D eigenvalue weighted by Gasteiger charge is -2.35. The molecule has 3 atom stereocenters. The third-order valence-electron chi connectivity index (χ3n) is 5.40. The smallest absolute Gasteiger partial charge is 0.191 e. The third-order valence-corrected chi connectivity index (χ3v) is 5.40. The summed E-state index contributed by atoms with van der Waals surface area (Å²) >= 11 is 0. The number of ether oxygens (including phenoxy) is 1. The number of nitrogens with zero attached hydrogens (tertiary/aromatic N) is 3. The first-order valence-corrected chi connectivity index (χ1v) is 10.0. The molecule has 3 rings (SSSR count). The summed E-state index contributed by atoms with van der Waals surface area (Å²) in [6.07, 6.45) is 3.09. The minimum Gasteiger partial charge on any atom is -0.373 e. The molecule has 5 heteroatoms. The van der Waals surface area contributed by atoms with Crippen LogP contribution < -0.4 is 5.73 Å². The lowest BCUT2D eigenvalue weighted by molar-refractivity contribution is -0.0705. The molecule has 2 fully saturated rings. The fourth-order valence-corrected chi connectivity index (χ4v) is 4.18. The molecule has 2 aliphatic heterocycles. The van der Waals surface area contributed by atoms with Crippen LogP contribution in [0.1, 0.15) is 44.7 Å². The molecule has 1 aromatic carbocycles. The molecule has 0 amide bonds. The number of piperidine rings is 1. The highest BCUT2D eigenvalue weighted by Crippen LogP contribution is 2.18. The summed E-state index contributed by atoms with van der Waals surface area (Å²) in [6, 6.07) is 8.61. The van der Waals surface area contributed by atoms with E-state index in [4.69, 9.17) is 15.5 Å². The second-order valence-electron chi connectivity index (χ2n) is 8.09. The number of likely N-dealkylation sites (tertiary alicyclic amines) is 1. The highest BCUT2D eigenvalue weighted by molar-refractivity contribution is 5.78. The standard InChI is InChI=1S/C21H34N4O/c1-16-7-6-10-25(12-16)21(22)23-11-19-8-4-5-9-20(19)15-24-13-17(2)26-18(3)14-24/h4-5,8-9,16-18H,6-7,10-15H2,1-3H3,(H2,22,23). The molecule has 2 heterocycles. The van der Waals surface area contributed by atoms with E-state index < -0.39 is 0 Å². The van der Waals surface area contributed by atoms with Crippen molar-refractivity contribution in [2.45, 2.75) is 58.9 Å². The second-order valence-corrected chi connectivity index (χ2v) is 8.09. The number of nitrogens with two attached hydrogens (primary N) is 1. The molecular weight excluding hydrogens is 324 g/mol. The van der Waals surface area contributed by atoms with Crippen LogP contribution in [0.3, 0.4) is 0 Å². The number of hydrogen-bond donors (Lipinski definition) is 1. The van der Waals surface area contributed by atoms with Gasteiger partial charge in [0.05, 0.1) is 18.8 Å². The molecule has 0 spiro atoms. The molecule has 2 saturated heterocycles. The summed E-state index contributed by atoms with van der Waals surface area (Å²) in [4.78, 5) is 9.43. The predicted molar refractivity (Wildman–Crippen MR) is 107 cm³/mol. The van der Waals surface area contributed by atoms with Crippen molar-refractivity contribution in [1.82, 2.24) is 9.80 Å². The average Bonchev–Trinajstić information content (AvgIpc) is 2.60. The van der Waals surface area contributed by atoms with Crippen LogP contribution in [0.15, 0.2) is 29.3 Å². The number of rotatable bonds is 4. The summed E-state index contributed by atoms with van der Waals surface area (Å²) in [6.45, 7) is 12.2. The van der Waals surface area contributed by atoms with Gasteiger partial charge in [-0.05, 0) is 43.7 Å². The predicted octanol–water partition coefficient (Wildman–Crippen LogP) is 2.84. The molecule has 2 aliphatic rings. The quantitative estimate of drug-likeness (QED) is 0.664. The minimum atomic E-state index is 0.292. The molecule has 0 radical (unpaired) electrons. The van der Waals surface area contributed by atoms with E-state index in [9.17, 15) is 0 Å². The zero-order valence-electron chi connectivity index (χ0n) is 16.5. The van der Waals surface area contributed by atoms with Gasteiger partial charge in [-0.2, -0.15) is 0 Å². The Hall–Kier alpha value is -1.59. The van der Waals surface area contributed by atoms with Gasteiger partial charge in [0.15, 0.2) is 5.96 Å². The lowest BCUT2D eigenvalue weighted by Crippen LogP contribution is -2.45. The first-order chi connectivity index (χ1) is 12.5. The number of hydrogen-bond acceptors (Lipinski definition) is 3. The topological polar surface area (TPSA) is 54.1 Å². The van der Waals surface area contributed by atoms with E-state index in [1.165, 1.54) is 24.0 Å². The van der Waals surface area contributed by atoms with Gasteiger partial charge in [0.1, 0.15) is 0 Å². The number of guanidine groups is 1. The fraction of sp³-hybridized carbons (Fsp3) is 0.667. The maximum atomic E-state index is 6.28. The van der Waals surface area contributed by atoms with Crippen molar-refractivity contribution in [3.63, 3.8) is 0 Å². The van der Waals surface area contributed by atoms with Crippen molar-refractivity contribution in [3.05, 3.63) is 35.4 Å². The van der Waals surface area contributed by atoms with Crippen molar-refractivity contribution < 1.29 is 4.74 Å². The van der Waals surface area contributed by atoms with Gasteiger partial charge < -0.3 is 15.4 Å². The molecule has 0 aliphatic carbocycles. The fourth-order valence-electron chi connectivity index (χ4n) is 4.18. The largest absolute Gasteiger partial charge is 0.373 e. The van der Waals surface area contributed by atoms with Crippen molar-refractivity contribution in [2.75, 3.05) is 26.2 Å². The Kier molecular flexibility index (Phi) is 6.54. The van der Waals surface area contributed by atoms with Crippen LogP contribution in [0.25, 0.3) is 0 Å². The summed E-state index contributed by atoms with van der Waals surface area (Å²) in [7, 11) is 0. The van der Waals surface area contributed by atoms with E-state index in [1.54, 1.807) is 0 Å². The zero-order valence-corrected chi connectivity index (χ0v) is 16.5. The van der Waals surface area contributed by atoms with Gasteiger partial charge in [-0.1, -0.05) is 31.2 Å². The van der Waals surface area contributed by atoms with E-state index in [0.717, 1.165) is 32.7 Å². The highest BCUT2D eigenvalue weighted by Gasteiger charge is 2.22. The Bertz CT molecular complexity index is 608. The van der Waals surface area contributed by atoms with Gasteiger partial charge in [0.2, 0.25) is 0 Å². The summed E-state index contributed by atoms with van der Waals surface area (Å²) in [5.74, 6) is 1.40. The van der Waals surface area contributed by atoms with Crippen LogP contribution >= 0.6 is 0 Å². The van der Waals surface area contributed by atoms with Crippen LogP contribution in [0.5, 0.6) is 0 Å². The molecule has 144 valence electrons. The molecular formula is C21H34N4O. The molecule has 0 aromatic heterocycles. The van der Waals surface area contributed by atoms with Crippen LogP contribution in [-0.4, -0.2) is 54.1 Å². The van der Waals surface area contributed by atoms with Gasteiger partial charge in [-0.3, -0.25) is 4.90 Å². The first kappa shape index (κ1) is 19.2. The summed E-state index contributed by atoms with van der Waals surface area (Å²) in [5.41, 5.74) is 8.89. The van der Waals surface area contributed by atoms with Gasteiger partial charge >= 0.3 is 0 Å².